The lowest BCUT2D eigenvalue weighted by molar-refractivity contribution is -0.151. The van der Waals surface area contributed by atoms with Crippen LogP contribution in [-0.4, -0.2) is 59.5 Å². The van der Waals surface area contributed by atoms with Gasteiger partial charge in [-0.15, -0.1) is 0 Å². The lowest BCUT2D eigenvalue weighted by atomic mass is 9.82. The smallest absolute Gasteiger partial charge is 0.307 e. The average molecular weight is 366 g/mol. The number of fused-ring (bicyclic) bond motifs is 2. The van der Waals surface area contributed by atoms with E-state index in [0.717, 1.165) is 26.1 Å². The van der Waals surface area contributed by atoms with E-state index in [1.807, 2.05) is 29.2 Å². The van der Waals surface area contributed by atoms with Crippen LogP contribution in [0.1, 0.15) is 12.0 Å². The molecule has 1 saturated carbocycles. The third kappa shape index (κ3) is 3.69. The number of aliphatic carboxylic acids is 1. The zero-order chi connectivity index (χ0) is 18.8. The standard InChI is InChI=1S/C22H26N2O3/c25-21(19-17-8-9-18(15-17)20(19)22(26)27)24-13-11-23(12-14-24)10-4-7-16-5-2-1-3-6-16/h1-9,17-20H,10-15H2,(H,26,27)/b7-4+/t17-,18-,19-,20+/m0/s1. The highest BCUT2D eigenvalue weighted by Gasteiger charge is 2.52. The summed E-state index contributed by atoms with van der Waals surface area (Å²) in [5.74, 6) is -1.56. The van der Waals surface area contributed by atoms with Gasteiger partial charge in [0.1, 0.15) is 0 Å². The fraction of sp³-hybridized carbons (Fsp3) is 0.455. The van der Waals surface area contributed by atoms with Crippen LogP contribution in [0.3, 0.4) is 0 Å². The highest BCUT2D eigenvalue weighted by atomic mass is 16.4. The Kier molecular flexibility index (Phi) is 5.12. The molecule has 5 heteroatoms. The maximum absolute atomic E-state index is 13.0. The van der Waals surface area contributed by atoms with Gasteiger partial charge in [0.2, 0.25) is 5.91 Å². The summed E-state index contributed by atoms with van der Waals surface area (Å²) in [6.45, 7) is 3.90. The normalized spacial score (nSPS) is 30.3. The molecule has 1 saturated heterocycles. The molecule has 0 aromatic heterocycles. The fourth-order valence-corrected chi connectivity index (χ4v) is 4.76. The molecule has 0 unspecified atom stereocenters. The minimum absolute atomic E-state index is 0.0332. The summed E-state index contributed by atoms with van der Waals surface area (Å²) >= 11 is 0. The van der Waals surface area contributed by atoms with Crippen molar-refractivity contribution in [1.29, 1.82) is 0 Å². The Bertz CT molecular complexity index is 750. The second-order valence-electron chi connectivity index (χ2n) is 7.78. The summed E-state index contributed by atoms with van der Waals surface area (Å²) in [6.07, 6.45) is 9.14. The minimum atomic E-state index is -0.824. The van der Waals surface area contributed by atoms with Gasteiger partial charge in [-0.3, -0.25) is 14.5 Å². The minimum Gasteiger partial charge on any atom is -0.481 e. The molecule has 1 aromatic carbocycles. The van der Waals surface area contributed by atoms with Gasteiger partial charge in [-0.1, -0.05) is 54.6 Å². The average Bonchev–Trinajstić information content (AvgIpc) is 3.30. The molecule has 0 radical (unpaired) electrons. The van der Waals surface area contributed by atoms with Crippen LogP contribution in [-0.2, 0) is 9.59 Å². The van der Waals surface area contributed by atoms with Crippen LogP contribution in [0.15, 0.2) is 48.6 Å². The van der Waals surface area contributed by atoms with Gasteiger partial charge in [-0.05, 0) is 23.8 Å². The van der Waals surface area contributed by atoms with E-state index in [4.69, 9.17) is 0 Å². The summed E-state index contributed by atoms with van der Waals surface area (Å²) < 4.78 is 0. The van der Waals surface area contributed by atoms with Gasteiger partial charge < -0.3 is 10.0 Å². The first kappa shape index (κ1) is 18.0. The number of nitrogens with zero attached hydrogens (tertiary/aromatic N) is 2. The molecule has 2 fully saturated rings. The molecule has 4 atom stereocenters. The molecule has 2 bridgehead atoms. The number of allylic oxidation sites excluding steroid dienone is 2. The third-order valence-corrected chi connectivity index (χ3v) is 6.19. The molecule has 1 amide bonds. The lowest BCUT2D eigenvalue weighted by Gasteiger charge is -2.37. The number of benzene rings is 1. The molecular weight excluding hydrogens is 340 g/mol. The number of carbonyl (C=O) groups is 2. The molecule has 3 aliphatic rings. The number of piperazine rings is 1. The van der Waals surface area contributed by atoms with E-state index in [-0.39, 0.29) is 23.7 Å². The van der Waals surface area contributed by atoms with E-state index in [0.29, 0.717) is 13.1 Å². The monoisotopic (exact) mass is 366 g/mol. The zero-order valence-corrected chi connectivity index (χ0v) is 15.4. The first-order valence-corrected chi connectivity index (χ1v) is 9.77. The molecule has 27 heavy (non-hydrogen) atoms. The van der Waals surface area contributed by atoms with Crippen LogP contribution in [0.4, 0.5) is 0 Å². The fourth-order valence-electron chi connectivity index (χ4n) is 4.76. The van der Waals surface area contributed by atoms with Gasteiger partial charge in [0.15, 0.2) is 0 Å². The van der Waals surface area contributed by atoms with E-state index in [9.17, 15) is 14.7 Å². The molecule has 142 valence electrons. The van der Waals surface area contributed by atoms with E-state index in [1.54, 1.807) is 0 Å². The molecule has 4 rings (SSSR count). The first-order valence-electron chi connectivity index (χ1n) is 9.77. The number of hydrogen-bond donors (Lipinski definition) is 1. The molecule has 1 aromatic rings. The van der Waals surface area contributed by atoms with E-state index in [2.05, 4.69) is 35.3 Å². The molecule has 1 N–H and O–H groups in total. The van der Waals surface area contributed by atoms with Crippen molar-refractivity contribution in [3.63, 3.8) is 0 Å². The second kappa shape index (κ2) is 7.69. The molecule has 2 aliphatic carbocycles. The summed E-state index contributed by atoms with van der Waals surface area (Å²) in [7, 11) is 0. The van der Waals surface area contributed by atoms with Crippen LogP contribution >= 0.6 is 0 Å². The maximum Gasteiger partial charge on any atom is 0.307 e. The van der Waals surface area contributed by atoms with Crippen LogP contribution in [0.25, 0.3) is 6.08 Å². The van der Waals surface area contributed by atoms with Crippen molar-refractivity contribution in [2.75, 3.05) is 32.7 Å². The van der Waals surface area contributed by atoms with E-state index in [1.165, 1.54) is 5.56 Å². The van der Waals surface area contributed by atoms with Crippen molar-refractivity contribution in [3.05, 3.63) is 54.1 Å². The van der Waals surface area contributed by atoms with Crippen molar-refractivity contribution >= 4 is 18.0 Å². The van der Waals surface area contributed by atoms with Crippen LogP contribution < -0.4 is 0 Å². The molecule has 1 heterocycles. The number of carboxylic acids is 1. The van der Waals surface area contributed by atoms with Crippen molar-refractivity contribution in [2.24, 2.45) is 23.7 Å². The largest absolute Gasteiger partial charge is 0.481 e. The third-order valence-electron chi connectivity index (χ3n) is 6.19. The van der Waals surface area contributed by atoms with Crippen molar-refractivity contribution in [2.45, 2.75) is 6.42 Å². The quantitative estimate of drug-likeness (QED) is 0.813. The van der Waals surface area contributed by atoms with Gasteiger partial charge in [0, 0.05) is 32.7 Å². The van der Waals surface area contributed by atoms with Crippen LogP contribution in [0.5, 0.6) is 0 Å². The summed E-state index contributed by atoms with van der Waals surface area (Å²) in [6, 6.07) is 10.2. The van der Waals surface area contributed by atoms with Crippen molar-refractivity contribution in [1.82, 2.24) is 9.80 Å². The maximum atomic E-state index is 13.0. The summed E-state index contributed by atoms with van der Waals surface area (Å²) in [5, 5.41) is 9.57. The topological polar surface area (TPSA) is 60.9 Å². The Morgan fingerprint density at radius 1 is 1.00 bits per heavy atom. The summed E-state index contributed by atoms with van der Waals surface area (Å²) in [4.78, 5) is 28.9. The number of amides is 1. The van der Waals surface area contributed by atoms with Crippen molar-refractivity contribution < 1.29 is 14.7 Å². The van der Waals surface area contributed by atoms with Gasteiger partial charge in [0.05, 0.1) is 11.8 Å². The number of carbonyl (C=O) groups excluding carboxylic acids is 1. The Morgan fingerprint density at radius 3 is 2.33 bits per heavy atom. The summed E-state index contributed by atoms with van der Waals surface area (Å²) in [5.41, 5.74) is 1.19. The Balaban J connectivity index is 1.30. The predicted octanol–water partition coefficient (Wildman–Crippen LogP) is 2.37. The second-order valence-corrected chi connectivity index (χ2v) is 7.78. The molecular formula is C22H26N2O3. The number of carboxylic acid groups (broad SMARTS) is 1. The van der Waals surface area contributed by atoms with Crippen LogP contribution in [0.2, 0.25) is 0 Å². The van der Waals surface area contributed by atoms with Gasteiger partial charge in [0.25, 0.3) is 0 Å². The first-order chi connectivity index (χ1) is 13.1. The van der Waals surface area contributed by atoms with Crippen LogP contribution in [0, 0.1) is 23.7 Å². The van der Waals surface area contributed by atoms with Gasteiger partial charge in [-0.25, -0.2) is 0 Å². The molecule has 0 spiro atoms. The zero-order valence-electron chi connectivity index (χ0n) is 15.4. The highest BCUT2D eigenvalue weighted by molar-refractivity contribution is 5.87. The van der Waals surface area contributed by atoms with E-state index < -0.39 is 11.9 Å². The predicted molar refractivity (Wildman–Crippen MR) is 104 cm³/mol. The van der Waals surface area contributed by atoms with Crippen molar-refractivity contribution in [3.8, 4) is 0 Å². The molecule has 5 nitrogen and oxygen atoms in total. The lowest BCUT2D eigenvalue weighted by Crippen LogP contribution is -2.52. The highest BCUT2D eigenvalue weighted by Crippen LogP contribution is 2.48. The van der Waals surface area contributed by atoms with Gasteiger partial charge >= 0.3 is 5.97 Å². The Morgan fingerprint density at radius 2 is 1.67 bits per heavy atom. The van der Waals surface area contributed by atoms with E-state index >= 15 is 0 Å². The Hall–Kier alpha value is -2.40. The number of hydrogen-bond acceptors (Lipinski definition) is 3. The molecule has 1 aliphatic heterocycles. The number of rotatable bonds is 5. The van der Waals surface area contributed by atoms with Gasteiger partial charge in [-0.2, -0.15) is 0 Å². The Labute approximate surface area is 160 Å². The SMILES string of the molecule is O=C(O)[C@H]1[C@@H](C(=O)N2CCN(C/C=C/c3ccccc3)CC2)[C@H]2C=C[C@H]1C2.